The van der Waals surface area contributed by atoms with Gasteiger partial charge in [-0.1, -0.05) is 34.1 Å². The first-order chi connectivity index (χ1) is 10.5. The highest BCUT2D eigenvalue weighted by atomic mass is 79.9. The van der Waals surface area contributed by atoms with Crippen LogP contribution >= 0.6 is 15.9 Å². The van der Waals surface area contributed by atoms with E-state index in [0.717, 1.165) is 15.4 Å². The molecule has 0 saturated carbocycles. The zero-order valence-corrected chi connectivity index (χ0v) is 13.4. The lowest BCUT2D eigenvalue weighted by atomic mass is 10.1. The number of para-hydroxylation sites is 1. The van der Waals surface area contributed by atoms with Gasteiger partial charge in [-0.15, -0.1) is 0 Å². The highest BCUT2D eigenvalue weighted by Gasteiger charge is 2.13. The standard InChI is InChI=1S/C17H13BrN2O2/c1-10-4-2-3-5-14(10)19-16(21)13-9-11-8-12(18)6-7-15(11)20-17(13)22/h2-9H,1H3,(H,19,21)(H,20,22). The minimum atomic E-state index is -0.419. The summed E-state index contributed by atoms with van der Waals surface area (Å²) in [6.45, 7) is 1.90. The second kappa shape index (κ2) is 5.77. The maximum atomic E-state index is 12.4. The SMILES string of the molecule is Cc1ccccc1NC(=O)c1cc2cc(Br)ccc2[nH]c1=O. The maximum Gasteiger partial charge on any atom is 0.261 e. The molecule has 0 aliphatic rings. The Morgan fingerprint density at radius 3 is 2.68 bits per heavy atom. The van der Waals surface area contributed by atoms with Crippen molar-refractivity contribution in [2.75, 3.05) is 5.32 Å². The lowest BCUT2D eigenvalue weighted by molar-refractivity contribution is 0.102. The van der Waals surface area contributed by atoms with Crippen molar-refractivity contribution >= 4 is 38.4 Å². The summed E-state index contributed by atoms with van der Waals surface area (Å²) < 4.78 is 0.886. The number of pyridine rings is 1. The number of aromatic nitrogens is 1. The number of anilines is 1. The molecule has 0 spiro atoms. The van der Waals surface area contributed by atoms with E-state index in [2.05, 4.69) is 26.2 Å². The molecule has 1 heterocycles. The number of nitrogens with one attached hydrogen (secondary N) is 2. The molecule has 2 N–H and O–H groups in total. The van der Waals surface area contributed by atoms with Gasteiger partial charge in [0.15, 0.2) is 0 Å². The molecule has 110 valence electrons. The number of carbonyl (C=O) groups excluding carboxylic acids is 1. The molecule has 0 unspecified atom stereocenters. The van der Waals surface area contributed by atoms with E-state index in [1.165, 1.54) is 0 Å². The molecule has 1 aromatic heterocycles. The summed E-state index contributed by atoms with van der Waals surface area (Å²) in [6.07, 6.45) is 0. The van der Waals surface area contributed by atoms with Crippen molar-refractivity contribution in [3.05, 3.63) is 74.5 Å². The Balaban J connectivity index is 2.02. The first-order valence-electron chi connectivity index (χ1n) is 6.74. The fourth-order valence-electron chi connectivity index (χ4n) is 2.25. The molecular formula is C17H13BrN2O2. The van der Waals surface area contributed by atoms with Crippen LogP contribution in [0.4, 0.5) is 5.69 Å². The molecule has 0 bridgehead atoms. The number of H-pyrrole nitrogens is 1. The molecular weight excluding hydrogens is 344 g/mol. The Kier molecular flexibility index (Phi) is 3.81. The summed E-state index contributed by atoms with van der Waals surface area (Å²) >= 11 is 3.38. The first-order valence-corrected chi connectivity index (χ1v) is 7.53. The lowest BCUT2D eigenvalue weighted by Gasteiger charge is -2.08. The van der Waals surface area contributed by atoms with Gasteiger partial charge in [-0.05, 0) is 42.8 Å². The molecule has 5 heteroatoms. The van der Waals surface area contributed by atoms with Crippen molar-refractivity contribution in [2.45, 2.75) is 6.92 Å². The number of hydrogen-bond donors (Lipinski definition) is 2. The summed E-state index contributed by atoms with van der Waals surface area (Å²) in [5, 5.41) is 3.57. The van der Waals surface area contributed by atoms with Crippen LogP contribution in [-0.2, 0) is 0 Å². The van der Waals surface area contributed by atoms with E-state index in [4.69, 9.17) is 0 Å². The molecule has 0 atom stereocenters. The normalized spacial score (nSPS) is 10.6. The molecule has 3 aromatic rings. The van der Waals surface area contributed by atoms with Gasteiger partial charge in [0.05, 0.1) is 0 Å². The van der Waals surface area contributed by atoms with Gasteiger partial charge in [-0.2, -0.15) is 0 Å². The Hall–Kier alpha value is -2.40. The minimum Gasteiger partial charge on any atom is -0.322 e. The fraction of sp³-hybridized carbons (Fsp3) is 0.0588. The zero-order chi connectivity index (χ0) is 15.7. The quantitative estimate of drug-likeness (QED) is 0.732. The number of aryl methyl sites for hydroxylation is 1. The number of benzene rings is 2. The fourth-order valence-corrected chi connectivity index (χ4v) is 2.63. The Morgan fingerprint density at radius 2 is 1.91 bits per heavy atom. The zero-order valence-electron chi connectivity index (χ0n) is 11.8. The molecule has 0 aliphatic heterocycles. The van der Waals surface area contributed by atoms with Gasteiger partial charge >= 0.3 is 0 Å². The molecule has 0 saturated heterocycles. The van der Waals surface area contributed by atoms with Crippen molar-refractivity contribution in [1.82, 2.24) is 4.98 Å². The molecule has 0 radical (unpaired) electrons. The number of halogens is 1. The molecule has 1 amide bonds. The molecule has 0 aliphatic carbocycles. The molecule has 4 nitrogen and oxygen atoms in total. The summed E-state index contributed by atoms with van der Waals surface area (Å²) in [7, 11) is 0. The largest absolute Gasteiger partial charge is 0.322 e. The van der Waals surface area contributed by atoms with Gasteiger partial charge in [0.1, 0.15) is 5.56 Å². The van der Waals surface area contributed by atoms with Crippen molar-refractivity contribution < 1.29 is 4.79 Å². The van der Waals surface area contributed by atoms with E-state index in [1.807, 2.05) is 37.3 Å². The lowest BCUT2D eigenvalue weighted by Crippen LogP contribution is -2.23. The number of amides is 1. The van der Waals surface area contributed by atoms with Gasteiger partial charge in [-0.25, -0.2) is 0 Å². The maximum absolute atomic E-state index is 12.4. The van der Waals surface area contributed by atoms with Crippen LogP contribution in [0.15, 0.2) is 57.8 Å². The van der Waals surface area contributed by atoms with Crippen LogP contribution in [0.3, 0.4) is 0 Å². The Bertz CT molecular complexity index is 931. The van der Waals surface area contributed by atoms with E-state index in [0.29, 0.717) is 11.2 Å². The van der Waals surface area contributed by atoms with Crippen molar-refractivity contribution in [3.63, 3.8) is 0 Å². The summed E-state index contributed by atoms with van der Waals surface area (Å²) in [5.74, 6) is -0.419. The van der Waals surface area contributed by atoms with Crippen LogP contribution in [0.25, 0.3) is 10.9 Å². The number of carbonyl (C=O) groups is 1. The molecule has 0 fully saturated rings. The van der Waals surface area contributed by atoms with Gasteiger partial charge in [-0.3, -0.25) is 9.59 Å². The van der Waals surface area contributed by atoms with E-state index in [9.17, 15) is 9.59 Å². The smallest absolute Gasteiger partial charge is 0.261 e. The predicted octanol–water partition coefficient (Wildman–Crippen LogP) is 3.85. The van der Waals surface area contributed by atoms with Crippen LogP contribution in [0.2, 0.25) is 0 Å². The number of hydrogen-bond acceptors (Lipinski definition) is 2. The highest BCUT2D eigenvalue weighted by Crippen LogP contribution is 2.19. The molecule has 2 aromatic carbocycles. The van der Waals surface area contributed by atoms with Crippen LogP contribution in [-0.4, -0.2) is 10.9 Å². The monoisotopic (exact) mass is 356 g/mol. The predicted molar refractivity (Wildman–Crippen MR) is 91.4 cm³/mol. The van der Waals surface area contributed by atoms with Gasteiger partial charge < -0.3 is 10.3 Å². The van der Waals surface area contributed by atoms with Gasteiger partial charge in [0, 0.05) is 21.1 Å². The molecule has 22 heavy (non-hydrogen) atoms. The van der Waals surface area contributed by atoms with E-state index >= 15 is 0 Å². The van der Waals surface area contributed by atoms with Crippen LogP contribution in [0, 0.1) is 6.92 Å². The van der Waals surface area contributed by atoms with Gasteiger partial charge in [0.2, 0.25) is 0 Å². The number of aromatic amines is 1. The second-order valence-electron chi connectivity index (χ2n) is 5.01. The summed E-state index contributed by atoms with van der Waals surface area (Å²) in [6, 6.07) is 14.5. The number of rotatable bonds is 2. The first kappa shape index (κ1) is 14.5. The topological polar surface area (TPSA) is 62.0 Å². The van der Waals surface area contributed by atoms with Crippen LogP contribution in [0.5, 0.6) is 0 Å². The van der Waals surface area contributed by atoms with Crippen molar-refractivity contribution in [2.24, 2.45) is 0 Å². The van der Waals surface area contributed by atoms with E-state index < -0.39 is 11.5 Å². The Morgan fingerprint density at radius 1 is 1.14 bits per heavy atom. The third-order valence-corrected chi connectivity index (χ3v) is 3.94. The van der Waals surface area contributed by atoms with Crippen molar-refractivity contribution in [1.29, 1.82) is 0 Å². The third kappa shape index (κ3) is 2.80. The summed E-state index contributed by atoms with van der Waals surface area (Å²) in [5.41, 5.74) is 2.02. The Labute approximate surface area is 135 Å². The average Bonchev–Trinajstić information content (AvgIpc) is 2.49. The highest BCUT2D eigenvalue weighted by molar-refractivity contribution is 9.10. The third-order valence-electron chi connectivity index (χ3n) is 3.44. The minimum absolute atomic E-state index is 0.0915. The van der Waals surface area contributed by atoms with Crippen molar-refractivity contribution in [3.8, 4) is 0 Å². The molecule has 3 rings (SSSR count). The summed E-state index contributed by atoms with van der Waals surface area (Å²) in [4.78, 5) is 27.2. The van der Waals surface area contributed by atoms with E-state index in [1.54, 1.807) is 18.2 Å². The average molecular weight is 357 g/mol. The van der Waals surface area contributed by atoms with Gasteiger partial charge in [0.25, 0.3) is 11.5 Å². The number of fused-ring (bicyclic) bond motifs is 1. The van der Waals surface area contributed by atoms with E-state index in [-0.39, 0.29) is 5.56 Å². The van der Waals surface area contributed by atoms with Crippen LogP contribution < -0.4 is 10.9 Å². The second-order valence-corrected chi connectivity index (χ2v) is 5.93. The van der Waals surface area contributed by atoms with Crippen LogP contribution in [0.1, 0.15) is 15.9 Å².